The molecule has 0 aromatic heterocycles. The Morgan fingerprint density at radius 1 is 1.03 bits per heavy atom. The molecule has 2 aromatic carbocycles. The Labute approximate surface area is 226 Å². The van der Waals surface area contributed by atoms with Crippen LogP contribution in [0.5, 0.6) is 0 Å². The van der Waals surface area contributed by atoms with Gasteiger partial charge in [0.25, 0.3) is 0 Å². The first-order valence-corrected chi connectivity index (χ1v) is 14.1. The highest BCUT2D eigenvalue weighted by Crippen LogP contribution is 2.31. The van der Waals surface area contributed by atoms with Crippen LogP contribution < -0.4 is 9.62 Å². The fraction of sp³-hybridized carbons (Fsp3) is 0.391. The molecule has 35 heavy (non-hydrogen) atoms. The van der Waals surface area contributed by atoms with Crippen molar-refractivity contribution in [2.24, 2.45) is 0 Å². The van der Waals surface area contributed by atoms with Gasteiger partial charge in [0.1, 0.15) is 6.04 Å². The lowest BCUT2D eigenvalue weighted by Crippen LogP contribution is -2.48. The number of rotatable bonds is 11. The molecule has 2 rings (SSSR count). The van der Waals surface area contributed by atoms with Crippen LogP contribution in [0.1, 0.15) is 31.7 Å². The molecule has 7 nitrogen and oxygen atoms in total. The van der Waals surface area contributed by atoms with Gasteiger partial charge in [-0.25, -0.2) is 8.42 Å². The molecule has 0 bridgehead atoms. The molecule has 0 fully saturated rings. The minimum Gasteiger partial charge on any atom is -0.357 e. The summed E-state index contributed by atoms with van der Waals surface area (Å²) in [5, 5.41) is 3.87. The van der Waals surface area contributed by atoms with Crippen molar-refractivity contribution in [2.75, 3.05) is 24.2 Å². The number of carbonyl (C=O) groups excluding carboxylic acids is 2. The number of likely N-dealkylation sites (N-methyl/N-ethyl adjacent to an activating group) is 1. The predicted molar refractivity (Wildman–Crippen MR) is 143 cm³/mol. The van der Waals surface area contributed by atoms with E-state index in [0.717, 1.165) is 10.6 Å². The van der Waals surface area contributed by atoms with Crippen molar-refractivity contribution in [3.05, 3.63) is 62.1 Å². The van der Waals surface area contributed by atoms with Crippen LogP contribution in [0.25, 0.3) is 0 Å². The van der Waals surface area contributed by atoms with Gasteiger partial charge in [-0.05, 0) is 43.2 Å². The largest absolute Gasteiger partial charge is 0.357 e. The summed E-state index contributed by atoms with van der Waals surface area (Å²) in [7, 11) is -2.21. The summed E-state index contributed by atoms with van der Waals surface area (Å²) in [6, 6.07) is 8.77. The Hall–Kier alpha value is -1.71. The number of carbonyl (C=O) groups is 2. The average molecular weight is 583 g/mol. The molecule has 0 saturated carbocycles. The number of nitrogens with zero attached hydrogens (tertiary/aromatic N) is 2. The van der Waals surface area contributed by atoms with Gasteiger partial charge in [-0.3, -0.25) is 13.9 Å². The van der Waals surface area contributed by atoms with E-state index in [-0.39, 0.29) is 48.5 Å². The van der Waals surface area contributed by atoms with Crippen molar-refractivity contribution in [2.45, 2.75) is 38.8 Å². The minimum absolute atomic E-state index is 0.0118. The van der Waals surface area contributed by atoms with Gasteiger partial charge in [-0.2, -0.15) is 0 Å². The van der Waals surface area contributed by atoms with Crippen LogP contribution >= 0.6 is 46.4 Å². The molecular weight excluding hydrogens is 556 g/mol. The van der Waals surface area contributed by atoms with Crippen LogP contribution in [0.15, 0.2) is 36.4 Å². The van der Waals surface area contributed by atoms with E-state index >= 15 is 0 Å². The van der Waals surface area contributed by atoms with E-state index in [1.165, 1.54) is 24.1 Å². The van der Waals surface area contributed by atoms with Gasteiger partial charge in [0.15, 0.2) is 0 Å². The van der Waals surface area contributed by atoms with Crippen molar-refractivity contribution in [3.8, 4) is 0 Å². The van der Waals surface area contributed by atoms with Crippen LogP contribution in [0.4, 0.5) is 5.69 Å². The third-order valence-electron chi connectivity index (χ3n) is 5.35. The van der Waals surface area contributed by atoms with Crippen molar-refractivity contribution in [3.63, 3.8) is 0 Å². The number of hydrogen-bond donors (Lipinski definition) is 1. The summed E-state index contributed by atoms with van der Waals surface area (Å²) < 4.78 is 26.0. The zero-order valence-electron chi connectivity index (χ0n) is 19.5. The van der Waals surface area contributed by atoms with E-state index in [4.69, 9.17) is 46.4 Å². The second kappa shape index (κ2) is 13.0. The number of anilines is 1. The topological polar surface area (TPSA) is 86.8 Å². The molecule has 0 radical (unpaired) electrons. The lowest BCUT2D eigenvalue weighted by molar-refractivity contribution is -0.141. The molecule has 0 unspecified atom stereocenters. The molecule has 0 aliphatic carbocycles. The molecule has 12 heteroatoms. The van der Waals surface area contributed by atoms with E-state index < -0.39 is 16.1 Å². The predicted octanol–water partition coefficient (Wildman–Crippen LogP) is 5.40. The van der Waals surface area contributed by atoms with Gasteiger partial charge < -0.3 is 10.2 Å². The lowest BCUT2D eigenvalue weighted by Gasteiger charge is -2.31. The van der Waals surface area contributed by atoms with Crippen molar-refractivity contribution in [1.29, 1.82) is 0 Å². The Kier molecular flexibility index (Phi) is 11.0. The van der Waals surface area contributed by atoms with Crippen molar-refractivity contribution < 1.29 is 18.0 Å². The first-order valence-electron chi connectivity index (χ1n) is 10.8. The first kappa shape index (κ1) is 29.5. The fourth-order valence-corrected chi connectivity index (χ4v) is 5.52. The molecule has 192 valence electrons. The van der Waals surface area contributed by atoms with Gasteiger partial charge in [-0.15, -0.1) is 0 Å². The van der Waals surface area contributed by atoms with Gasteiger partial charge in [0.2, 0.25) is 21.8 Å². The fourth-order valence-electron chi connectivity index (χ4n) is 3.60. The Morgan fingerprint density at radius 2 is 1.66 bits per heavy atom. The number of amides is 2. The van der Waals surface area contributed by atoms with Crippen LogP contribution in [-0.2, 0) is 26.2 Å². The standard InChI is InChI=1S/C23H27Cl4N3O4S/c1-4-20(23(32)28-2)29(14-16-17(25)7-5-8-18(16)26)22(31)9-6-12-30(35(3,33)34)21-13-15(24)10-11-19(21)27/h5,7-8,10-11,13,20H,4,6,9,12,14H2,1-3H3,(H,28,32)/t20-/m0/s1. The van der Waals surface area contributed by atoms with E-state index in [0.29, 0.717) is 27.1 Å². The normalized spacial score (nSPS) is 12.2. The van der Waals surface area contributed by atoms with Gasteiger partial charge in [0.05, 0.1) is 17.0 Å². The SMILES string of the molecule is CC[C@@H](C(=O)NC)N(Cc1c(Cl)cccc1Cl)C(=O)CCCN(c1cc(Cl)ccc1Cl)S(C)(=O)=O. The summed E-state index contributed by atoms with van der Waals surface area (Å²) in [6.45, 7) is 1.81. The second-order valence-electron chi connectivity index (χ2n) is 7.79. The Bertz CT molecular complexity index is 1160. The molecule has 0 spiro atoms. The zero-order chi connectivity index (χ0) is 26.3. The lowest BCUT2D eigenvalue weighted by atomic mass is 10.1. The second-order valence-corrected chi connectivity index (χ2v) is 11.4. The molecule has 1 atom stereocenters. The number of nitrogens with one attached hydrogen (secondary N) is 1. The number of benzene rings is 2. The maximum Gasteiger partial charge on any atom is 0.242 e. The third-order valence-corrected chi connectivity index (χ3v) is 7.79. The average Bonchev–Trinajstić information content (AvgIpc) is 2.79. The van der Waals surface area contributed by atoms with Crippen LogP contribution in [0, 0.1) is 0 Å². The maximum atomic E-state index is 13.3. The summed E-state index contributed by atoms with van der Waals surface area (Å²) in [5.41, 5.74) is 0.751. The highest BCUT2D eigenvalue weighted by atomic mass is 35.5. The molecular formula is C23H27Cl4N3O4S. The highest BCUT2D eigenvalue weighted by Gasteiger charge is 2.29. The summed E-state index contributed by atoms with van der Waals surface area (Å²) in [4.78, 5) is 27.3. The zero-order valence-corrected chi connectivity index (χ0v) is 23.4. The number of hydrogen-bond acceptors (Lipinski definition) is 4. The molecule has 0 heterocycles. The van der Waals surface area contributed by atoms with Crippen molar-refractivity contribution in [1.82, 2.24) is 10.2 Å². The van der Waals surface area contributed by atoms with E-state index in [2.05, 4.69) is 5.32 Å². The van der Waals surface area contributed by atoms with Crippen LogP contribution in [0.3, 0.4) is 0 Å². The number of sulfonamides is 1. The Morgan fingerprint density at radius 3 is 2.20 bits per heavy atom. The molecule has 1 N–H and O–H groups in total. The molecule has 0 saturated heterocycles. The van der Waals surface area contributed by atoms with Gasteiger partial charge in [-0.1, -0.05) is 59.4 Å². The summed E-state index contributed by atoms with van der Waals surface area (Å²) >= 11 is 24.9. The maximum absolute atomic E-state index is 13.3. The summed E-state index contributed by atoms with van der Waals surface area (Å²) in [5.74, 6) is -0.672. The molecule has 0 aliphatic rings. The summed E-state index contributed by atoms with van der Waals surface area (Å²) in [6.07, 6.45) is 1.56. The molecule has 2 amide bonds. The minimum atomic E-state index is -3.71. The van der Waals surface area contributed by atoms with E-state index in [9.17, 15) is 18.0 Å². The smallest absolute Gasteiger partial charge is 0.242 e. The van der Waals surface area contributed by atoms with Crippen molar-refractivity contribution >= 4 is 73.9 Å². The quantitative estimate of drug-likeness (QED) is 0.384. The molecule has 2 aromatic rings. The van der Waals surface area contributed by atoms with Gasteiger partial charge in [0, 0.05) is 47.2 Å². The first-order chi connectivity index (χ1) is 16.4. The van der Waals surface area contributed by atoms with Gasteiger partial charge >= 0.3 is 0 Å². The Balaban J connectivity index is 2.28. The van der Waals surface area contributed by atoms with Crippen LogP contribution in [-0.4, -0.2) is 51.0 Å². The highest BCUT2D eigenvalue weighted by molar-refractivity contribution is 7.92. The number of halogens is 4. The van der Waals surface area contributed by atoms with E-state index in [1.54, 1.807) is 31.2 Å². The monoisotopic (exact) mass is 581 g/mol. The van der Waals surface area contributed by atoms with Crippen LogP contribution in [0.2, 0.25) is 20.1 Å². The van der Waals surface area contributed by atoms with E-state index in [1.807, 2.05) is 0 Å². The third kappa shape index (κ3) is 7.89. The molecule has 0 aliphatic heterocycles.